The SMILES string of the molecule is [O]C12C=CC=CC1O2. The molecule has 0 saturated carbocycles. The molecular weight excluding hydrogens is 104 g/mol. The van der Waals surface area contributed by atoms with E-state index in [0.29, 0.717) is 0 Å². The molecule has 1 aliphatic carbocycles. The second-order valence-corrected chi connectivity index (χ2v) is 2.00. The molecule has 2 nitrogen and oxygen atoms in total. The van der Waals surface area contributed by atoms with Crippen LogP contribution in [0.25, 0.3) is 0 Å². The van der Waals surface area contributed by atoms with E-state index >= 15 is 0 Å². The Bertz CT molecular complexity index is 171. The molecule has 1 aliphatic heterocycles. The van der Waals surface area contributed by atoms with Crippen molar-refractivity contribution in [3.8, 4) is 0 Å². The lowest BCUT2D eigenvalue weighted by Crippen LogP contribution is -2.07. The number of rotatable bonds is 0. The van der Waals surface area contributed by atoms with Crippen LogP contribution < -0.4 is 0 Å². The summed E-state index contributed by atoms with van der Waals surface area (Å²) in [5, 5.41) is 10.8. The quantitative estimate of drug-likeness (QED) is 0.420. The fourth-order valence-electron chi connectivity index (χ4n) is 0.827. The minimum Gasteiger partial charge on any atom is -0.328 e. The molecule has 1 fully saturated rings. The number of ether oxygens (including phenoxy) is 1. The maximum Gasteiger partial charge on any atom is 0.252 e. The highest BCUT2D eigenvalue weighted by atomic mass is 16.7. The molecule has 0 aromatic carbocycles. The molecule has 1 saturated heterocycles. The summed E-state index contributed by atoms with van der Waals surface area (Å²) in [4.78, 5) is 0. The van der Waals surface area contributed by atoms with Crippen molar-refractivity contribution in [1.29, 1.82) is 0 Å². The molecule has 0 bridgehead atoms. The first-order chi connectivity index (χ1) is 3.81. The summed E-state index contributed by atoms with van der Waals surface area (Å²) in [5.74, 6) is -1.17. The second kappa shape index (κ2) is 1.04. The summed E-state index contributed by atoms with van der Waals surface area (Å²) in [6, 6.07) is 0. The number of epoxide rings is 1. The molecule has 0 aromatic heterocycles. The lowest BCUT2D eigenvalue weighted by molar-refractivity contribution is 0.0135. The van der Waals surface area contributed by atoms with Crippen LogP contribution in [0.2, 0.25) is 0 Å². The average Bonchev–Trinajstić information content (AvgIpc) is 2.39. The lowest BCUT2D eigenvalue weighted by Gasteiger charge is -1.92. The van der Waals surface area contributed by atoms with Gasteiger partial charge in [-0.1, -0.05) is 12.2 Å². The fourth-order valence-corrected chi connectivity index (χ4v) is 0.827. The standard InChI is InChI=1S/C6H5O2/c7-6-4-2-1-3-5(6)8-6/h1-5H. The monoisotopic (exact) mass is 109 g/mol. The summed E-state index contributed by atoms with van der Waals surface area (Å²) in [6.07, 6.45) is 6.68. The molecule has 0 spiro atoms. The predicted molar refractivity (Wildman–Crippen MR) is 26.6 cm³/mol. The van der Waals surface area contributed by atoms with Gasteiger partial charge < -0.3 is 4.74 Å². The van der Waals surface area contributed by atoms with E-state index in [-0.39, 0.29) is 6.10 Å². The second-order valence-electron chi connectivity index (χ2n) is 2.00. The van der Waals surface area contributed by atoms with Gasteiger partial charge >= 0.3 is 0 Å². The van der Waals surface area contributed by atoms with Crippen LogP contribution in [0.4, 0.5) is 0 Å². The molecule has 2 unspecified atom stereocenters. The van der Waals surface area contributed by atoms with Crippen molar-refractivity contribution in [2.75, 3.05) is 0 Å². The van der Waals surface area contributed by atoms with Crippen molar-refractivity contribution >= 4 is 0 Å². The number of fused-ring (bicyclic) bond motifs is 1. The van der Waals surface area contributed by atoms with Gasteiger partial charge in [-0.3, -0.25) is 0 Å². The van der Waals surface area contributed by atoms with E-state index in [0.717, 1.165) is 0 Å². The normalized spacial score (nSPS) is 48.9. The Hall–Kier alpha value is -0.600. The Kier molecular flexibility index (Phi) is 0.558. The molecule has 0 aromatic rings. The minimum absolute atomic E-state index is 0.174. The third-order valence-corrected chi connectivity index (χ3v) is 1.38. The zero-order valence-electron chi connectivity index (χ0n) is 4.20. The van der Waals surface area contributed by atoms with E-state index in [4.69, 9.17) is 4.74 Å². The van der Waals surface area contributed by atoms with Crippen LogP contribution in [-0.2, 0) is 9.84 Å². The molecule has 1 heterocycles. The maximum absolute atomic E-state index is 10.8. The van der Waals surface area contributed by atoms with E-state index in [1.54, 1.807) is 12.2 Å². The first-order valence-electron chi connectivity index (χ1n) is 2.55. The molecule has 0 amide bonds. The van der Waals surface area contributed by atoms with Gasteiger partial charge in [-0.05, 0) is 12.2 Å². The molecule has 8 heavy (non-hydrogen) atoms. The topological polar surface area (TPSA) is 32.4 Å². The van der Waals surface area contributed by atoms with Gasteiger partial charge in [0.05, 0.1) is 0 Å². The molecule has 1 radical (unpaired) electrons. The predicted octanol–water partition coefficient (Wildman–Crippen LogP) is 0.638. The summed E-state index contributed by atoms with van der Waals surface area (Å²) >= 11 is 0. The van der Waals surface area contributed by atoms with Crippen molar-refractivity contribution in [3.63, 3.8) is 0 Å². The Balaban J connectivity index is 2.33. The highest BCUT2D eigenvalue weighted by molar-refractivity contribution is 5.26. The van der Waals surface area contributed by atoms with Crippen LogP contribution >= 0.6 is 0 Å². The zero-order chi connectivity index (χ0) is 5.61. The van der Waals surface area contributed by atoms with Crippen LogP contribution in [-0.4, -0.2) is 11.9 Å². The van der Waals surface area contributed by atoms with Crippen LogP contribution in [0, 0.1) is 0 Å². The first-order valence-corrected chi connectivity index (χ1v) is 2.55. The van der Waals surface area contributed by atoms with Gasteiger partial charge in [0, 0.05) is 0 Å². The summed E-state index contributed by atoms with van der Waals surface area (Å²) in [5.41, 5.74) is 0. The van der Waals surface area contributed by atoms with Gasteiger partial charge in [-0.15, -0.1) is 0 Å². The van der Waals surface area contributed by atoms with E-state index in [1.807, 2.05) is 6.08 Å². The van der Waals surface area contributed by atoms with E-state index in [2.05, 4.69) is 0 Å². The number of allylic oxidation sites excluding steroid dienone is 2. The third-order valence-electron chi connectivity index (χ3n) is 1.38. The Morgan fingerprint density at radius 1 is 1.50 bits per heavy atom. The largest absolute Gasteiger partial charge is 0.328 e. The van der Waals surface area contributed by atoms with Crippen molar-refractivity contribution in [2.45, 2.75) is 11.9 Å². The smallest absolute Gasteiger partial charge is 0.252 e. The Morgan fingerprint density at radius 3 is 2.88 bits per heavy atom. The van der Waals surface area contributed by atoms with E-state index in [9.17, 15) is 5.11 Å². The Morgan fingerprint density at radius 2 is 2.38 bits per heavy atom. The number of hydrogen-bond donors (Lipinski definition) is 0. The number of hydrogen-bond acceptors (Lipinski definition) is 1. The van der Waals surface area contributed by atoms with Gasteiger partial charge in [0.25, 0.3) is 5.79 Å². The van der Waals surface area contributed by atoms with Gasteiger partial charge in [-0.25, -0.2) is 0 Å². The van der Waals surface area contributed by atoms with Crippen molar-refractivity contribution in [3.05, 3.63) is 24.3 Å². The molecule has 2 rings (SSSR count). The molecule has 2 aliphatic rings. The van der Waals surface area contributed by atoms with Gasteiger partial charge in [0.15, 0.2) is 0 Å². The van der Waals surface area contributed by atoms with Gasteiger partial charge in [-0.2, -0.15) is 5.11 Å². The zero-order valence-corrected chi connectivity index (χ0v) is 4.20. The van der Waals surface area contributed by atoms with Crippen molar-refractivity contribution < 1.29 is 9.84 Å². The molecule has 0 N–H and O–H groups in total. The van der Waals surface area contributed by atoms with E-state index in [1.165, 1.54) is 6.08 Å². The lowest BCUT2D eigenvalue weighted by atomic mass is 10.1. The van der Waals surface area contributed by atoms with Gasteiger partial charge in [0.2, 0.25) is 0 Å². The third kappa shape index (κ3) is 0.389. The van der Waals surface area contributed by atoms with Crippen molar-refractivity contribution in [2.24, 2.45) is 0 Å². The summed E-state index contributed by atoms with van der Waals surface area (Å²) in [7, 11) is 0. The van der Waals surface area contributed by atoms with Crippen LogP contribution in [0.1, 0.15) is 0 Å². The molecular formula is C6H5O2. The highest BCUT2D eigenvalue weighted by Crippen LogP contribution is 2.38. The molecule has 2 atom stereocenters. The first kappa shape index (κ1) is 4.30. The molecule has 2 heteroatoms. The Labute approximate surface area is 47.1 Å². The average molecular weight is 109 g/mol. The highest BCUT2D eigenvalue weighted by Gasteiger charge is 2.54. The minimum atomic E-state index is -1.17. The van der Waals surface area contributed by atoms with E-state index < -0.39 is 5.79 Å². The maximum atomic E-state index is 10.8. The summed E-state index contributed by atoms with van der Waals surface area (Å²) < 4.78 is 4.74. The van der Waals surface area contributed by atoms with Crippen LogP contribution in [0.3, 0.4) is 0 Å². The van der Waals surface area contributed by atoms with Crippen molar-refractivity contribution in [1.82, 2.24) is 0 Å². The van der Waals surface area contributed by atoms with Gasteiger partial charge in [0.1, 0.15) is 6.10 Å². The summed E-state index contributed by atoms with van der Waals surface area (Å²) in [6.45, 7) is 0. The fraction of sp³-hybridized carbons (Fsp3) is 0.333. The molecule has 41 valence electrons. The van der Waals surface area contributed by atoms with Crippen LogP contribution in [0.5, 0.6) is 0 Å². The van der Waals surface area contributed by atoms with Crippen LogP contribution in [0.15, 0.2) is 24.3 Å².